The molecule has 0 fully saturated rings. The Balaban J connectivity index is 2.48. The highest BCUT2D eigenvalue weighted by Gasteiger charge is 2.13. The lowest BCUT2D eigenvalue weighted by molar-refractivity contribution is 0.101. The maximum atomic E-state index is 11.7. The van der Waals surface area contributed by atoms with Crippen LogP contribution in [0, 0.1) is 6.92 Å². The summed E-state index contributed by atoms with van der Waals surface area (Å²) >= 11 is 3.46. The van der Waals surface area contributed by atoms with Gasteiger partial charge in [0.25, 0.3) is 0 Å². The molecule has 0 heterocycles. The van der Waals surface area contributed by atoms with Crippen LogP contribution >= 0.6 is 15.9 Å². The molecule has 0 amide bonds. The number of ketones is 1. The predicted octanol–water partition coefficient (Wildman–Crippen LogP) is 4.73. The zero-order chi connectivity index (χ0) is 14.0. The Morgan fingerprint density at radius 1 is 1.11 bits per heavy atom. The molecule has 19 heavy (non-hydrogen) atoms. The Morgan fingerprint density at radius 3 is 2.32 bits per heavy atom. The minimum atomic E-state index is 0.0708. The van der Waals surface area contributed by atoms with Gasteiger partial charge in [0.2, 0.25) is 0 Å². The van der Waals surface area contributed by atoms with E-state index in [1.54, 1.807) is 6.92 Å². The minimum Gasteiger partial charge on any atom is -0.344 e. The van der Waals surface area contributed by atoms with Crippen LogP contribution in [-0.4, -0.2) is 12.8 Å². The van der Waals surface area contributed by atoms with Gasteiger partial charge in [0.15, 0.2) is 5.78 Å². The summed E-state index contributed by atoms with van der Waals surface area (Å²) in [5, 5.41) is 0. The highest BCUT2D eigenvalue weighted by Crippen LogP contribution is 2.30. The van der Waals surface area contributed by atoms with Gasteiger partial charge in [-0.25, -0.2) is 0 Å². The van der Waals surface area contributed by atoms with Crippen molar-refractivity contribution in [3.63, 3.8) is 0 Å². The van der Waals surface area contributed by atoms with E-state index in [2.05, 4.69) is 47.1 Å². The highest BCUT2D eigenvalue weighted by molar-refractivity contribution is 9.10. The van der Waals surface area contributed by atoms with E-state index in [0.29, 0.717) is 0 Å². The third kappa shape index (κ3) is 3.04. The van der Waals surface area contributed by atoms with Gasteiger partial charge in [-0.1, -0.05) is 33.6 Å². The number of aryl methyl sites for hydroxylation is 1. The van der Waals surface area contributed by atoms with Gasteiger partial charge < -0.3 is 4.90 Å². The monoisotopic (exact) mass is 317 g/mol. The Morgan fingerprint density at radius 2 is 1.74 bits per heavy atom. The topological polar surface area (TPSA) is 20.3 Å². The number of carbonyl (C=O) groups excluding carboxylic acids is 1. The van der Waals surface area contributed by atoms with Gasteiger partial charge in [0, 0.05) is 22.8 Å². The Bertz CT molecular complexity index is 605. The van der Waals surface area contributed by atoms with Crippen molar-refractivity contribution >= 4 is 33.1 Å². The zero-order valence-corrected chi connectivity index (χ0v) is 12.9. The fraction of sp³-hybridized carbons (Fsp3) is 0.188. The summed E-state index contributed by atoms with van der Waals surface area (Å²) in [7, 11) is 1.97. The standard InChI is InChI=1S/C16H16BrNO/c1-11-4-7-14(8-5-11)18(3)16-10-13(17)6-9-15(16)12(2)19/h4-10H,1-3H3. The van der Waals surface area contributed by atoms with Crippen molar-refractivity contribution in [2.24, 2.45) is 0 Å². The number of halogens is 1. The number of carbonyl (C=O) groups is 1. The van der Waals surface area contributed by atoms with Crippen LogP contribution in [-0.2, 0) is 0 Å². The van der Waals surface area contributed by atoms with E-state index >= 15 is 0 Å². The first-order chi connectivity index (χ1) is 8.99. The molecule has 0 aliphatic heterocycles. The Kier molecular flexibility index (Phi) is 4.05. The summed E-state index contributed by atoms with van der Waals surface area (Å²) in [6, 6.07) is 14.0. The molecular formula is C16H16BrNO. The quantitative estimate of drug-likeness (QED) is 0.763. The molecule has 0 atom stereocenters. The first-order valence-corrected chi connectivity index (χ1v) is 6.89. The fourth-order valence-electron chi connectivity index (χ4n) is 1.99. The molecule has 0 aromatic heterocycles. The molecule has 0 spiro atoms. The molecule has 0 saturated heterocycles. The second-order valence-corrected chi connectivity index (χ2v) is 5.53. The molecule has 0 saturated carbocycles. The van der Waals surface area contributed by atoms with Crippen molar-refractivity contribution in [2.45, 2.75) is 13.8 Å². The predicted molar refractivity (Wildman–Crippen MR) is 83.4 cm³/mol. The van der Waals surface area contributed by atoms with Gasteiger partial charge in [-0.15, -0.1) is 0 Å². The summed E-state index contributed by atoms with van der Waals surface area (Å²) in [4.78, 5) is 13.8. The summed E-state index contributed by atoms with van der Waals surface area (Å²) in [6.07, 6.45) is 0. The molecule has 98 valence electrons. The molecule has 3 heteroatoms. The van der Waals surface area contributed by atoms with Crippen molar-refractivity contribution < 1.29 is 4.79 Å². The third-order valence-corrected chi connectivity index (χ3v) is 3.61. The van der Waals surface area contributed by atoms with Crippen LogP contribution in [0.4, 0.5) is 11.4 Å². The van der Waals surface area contributed by atoms with Gasteiger partial charge in [0.05, 0.1) is 5.69 Å². The number of hydrogen-bond donors (Lipinski definition) is 0. The summed E-state index contributed by atoms with van der Waals surface area (Å²) in [6.45, 7) is 3.65. The molecule has 0 aliphatic rings. The van der Waals surface area contributed by atoms with Crippen molar-refractivity contribution in [3.8, 4) is 0 Å². The molecule has 0 unspecified atom stereocenters. The lowest BCUT2D eigenvalue weighted by atomic mass is 10.1. The maximum Gasteiger partial charge on any atom is 0.161 e. The van der Waals surface area contributed by atoms with Crippen LogP contribution in [0.3, 0.4) is 0 Å². The summed E-state index contributed by atoms with van der Waals surface area (Å²) in [5.74, 6) is 0.0708. The van der Waals surface area contributed by atoms with Crippen molar-refractivity contribution in [2.75, 3.05) is 11.9 Å². The smallest absolute Gasteiger partial charge is 0.161 e. The number of rotatable bonds is 3. The van der Waals surface area contributed by atoms with Gasteiger partial charge in [-0.2, -0.15) is 0 Å². The van der Waals surface area contributed by atoms with Gasteiger partial charge in [0.1, 0.15) is 0 Å². The fourth-order valence-corrected chi connectivity index (χ4v) is 2.34. The molecule has 0 bridgehead atoms. The minimum absolute atomic E-state index is 0.0708. The van der Waals surface area contributed by atoms with E-state index in [9.17, 15) is 4.79 Å². The van der Waals surface area contributed by atoms with Gasteiger partial charge in [-0.3, -0.25) is 4.79 Å². The average Bonchev–Trinajstić information content (AvgIpc) is 2.38. The van der Waals surface area contributed by atoms with Crippen molar-refractivity contribution in [1.82, 2.24) is 0 Å². The maximum absolute atomic E-state index is 11.7. The van der Waals surface area contributed by atoms with E-state index in [4.69, 9.17) is 0 Å². The van der Waals surface area contributed by atoms with E-state index in [1.807, 2.05) is 30.1 Å². The average molecular weight is 318 g/mol. The van der Waals surface area contributed by atoms with Gasteiger partial charge >= 0.3 is 0 Å². The number of nitrogens with zero attached hydrogens (tertiary/aromatic N) is 1. The molecule has 2 rings (SSSR count). The van der Waals surface area contributed by atoms with Crippen molar-refractivity contribution in [3.05, 3.63) is 58.1 Å². The molecule has 0 radical (unpaired) electrons. The van der Waals surface area contributed by atoms with Crippen LogP contribution in [0.25, 0.3) is 0 Å². The zero-order valence-electron chi connectivity index (χ0n) is 11.3. The van der Waals surface area contributed by atoms with E-state index < -0.39 is 0 Å². The summed E-state index contributed by atoms with van der Waals surface area (Å²) < 4.78 is 0.964. The third-order valence-electron chi connectivity index (χ3n) is 3.12. The molecule has 2 nitrogen and oxygen atoms in total. The van der Waals surface area contributed by atoms with Crippen LogP contribution in [0.15, 0.2) is 46.9 Å². The number of benzene rings is 2. The van der Waals surface area contributed by atoms with Crippen molar-refractivity contribution in [1.29, 1.82) is 0 Å². The van der Waals surface area contributed by atoms with Crippen LogP contribution in [0.2, 0.25) is 0 Å². The molecule has 0 N–H and O–H groups in total. The molecule has 0 aliphatic carbocycles. The molecular weight excluding hydrogens is 302 g/mol. The number of Topliss-reactive ketones (excluding diaryl/α,β-unsaturated/α-hetero) is 1. The SMILES string of the molecule is CC(=O)c1ccc(Br)cc1N(C)c1ccc(C)cc1. The van der Waals surface area contributed by atoms with Crippen LogP contribution < -0.4 is 4.90 Å². The van der Waals surface area contributed by atoms with E-state index in [1.165, 1.54) is 5.56 Å². The first kappa shape index (κ1) is 13.8. The second kappa shape index (κ2) is 5.57. The molecule has 2 aromatic rings. The first-order valence-electron chi connectivity index (χ1n) is 6.10. The Hall–Kier alpha value is -1.61. The largest absolute Gasteiger partial charge is 0.344 e. The van der Waals surface area contributed by atoms with E-state index in [0.717, 1.165) is 21.4 Å². The molecule has 2 aromatic carbocycles. The van der Waals surface area contributed by atoms with Gasteiger partial charge in [-0.05, 0) is 44.2 Å². The second-order valence-electron chi connectivity index (χ2n) is 4.61. The van der Waals surface area contributed by atoms with Crippen LogP contribution in [0.5, 0.6) is 0 Å². The lowest BCUT2D eigenvalue weighted by Crippen LogP contribution is -2.13. The highest BCUT2D eigenvalue weighted by atomic mass is 79.9. The Labute approximate surface area is 122 Å². The number of anilines is 2. The normalized spacial score (nSPS) is 10.3. The van der Waals surface area contributed by atoms with Crippen LogP contribution in [0.1, 0.15) is 22.8 Å². The number of hydrogen-bond acceptors (Lipinski definition) is 2. The lowest BCUT2D eigenvalue weighted by Gasteiger charge is -2.22. The van der Waals surface area contributed by atoms with E-state index in [-0.39, 0.29) is 5.78 Å². The summed E-state index contributed by atoms with van der Waals surface area (Å²) in [5.41, 5.74) is 3.92.